The number of H-pyrrole nitrogens is 1. The summed E-state index contributed by atoms with van der Waals surface area (Å²) in [6.07, 6.45) is -4.94. The molecule has 0 spiro atoms. The van der Waals surface area contributed by atoms with Crippen LogP contribution in [-0.2, 0) is 28.9 Å². The molecule has 37 heavy (non-hydrogen) atoms. The first-order valence-corrected chi connectivity index (χ1v) is 11.2. The van der Waals surface area contributed by atoms with Crippen LogP contribution in [-0.4, -0.2) is 38.5 Å². The molecule has 0 saturated heterocycles. The molecule has 0 unspecified atom stereocenters. The van der Waals surface area contributed by atoms with E-state index in [4.69, 9.17) is 5.11 Å². The highest BCUT2D eigenvalue weighted by Crippen LogP contribution is 2.34. The number of aliphatic hydroxyl groups is 1. The average Bonchev–Trinajstić information content (AvgIpc) is 2.84. The summed E-state index contributed by atoms with van der Waals surface area (Å²) in [5.41, 5.74) is -0.698. The van der Waals surface area contributed by atoms with Gasteiger partial charge in [-0.2, -0.15) is 13.2 Å². The monoisotopic (exact) mass is 513 g/mol. The number of nitrogens with one attached hydrogen (secondary N) is 2. The number of amides is 1. The largest absolute Gasteiger partial charge is 0.505 e. The van der Waals surface area contributed by atoms with Gasteiger partial charge in [0.05, 0.1) is 18.5 Å². The molecule has 1 aliphatic rings. The number of halogens is 3. The molecule has 1 aliphatic heterocycles. The van der Waals surface area contributed by atoms with Gasteiger partial charge in [-0.05, 0) is 29.3 Å². The molecule has 192 valence electrons. The smallest absolute Gasteiger partial charge is 0.416 e. The summed E-state index contributed by atoms with van der Waals surface area (Å²) in [6.45, 7) is 0.00953. The number of aromatic amines is 1. The molecule has 1 aromatic heterocycles. The van der Waals surface area contributed by atoms with Gasteiger partial charge in [-0.1, -0.05) is 42.5 Å². The van der Waals surface area contributed by atoms with Gasteiger partial charge >= 0.3 is 12.1 Å². The molecule has 0 bridgehead atoms. The first kappa shape index (κ1) is 25.5. The number of hydrogen-bond donors (Lipinski definition) is 4. The number of aliphatic carboxylic acids is 1. The fourth-order valence-corrected chi connectivity index (χ4v) is 4.09. The van der Waals surface area contributed by atoms with Gasteiger partial charge in [0.15, 0.2) is 5.76 Å². The SMILES string of the molecule is O=C(O)CCNC(=O)C1=C(O)c2cc(-c3cccc(C(F)(F)F)c3)c(=O)[nH]c2CN1Cc1ccccc1. The van der Waals surface area contributed by atoms with Crippen molar-refractivity contribution in [2.24, 2.45) is 0 Å². The van der Waals surface area contributed by atoms with E-state index >= 15 is 0 Å². The molecule has 0 saturated carbocycles. The number of carboxylic acid groups (broad SMARTS) is 1. The Morgan fingerprint density at radius 1 is 1.03 bits per heavy atom. The summed E-state index contributed by atoms with van der Waals surface area (Å²) >= 11 is 0. The Kier molecular flexibility index (Phi) is 7.05. The van der Waals surface area contributed by atoms with Gasteiger partial charge in [0.25, 0.3) is 11.5 Å². The van der Waals surface area contributed by atoms with Crippen LogP contribution in [0.2, 0.25) is 0 Å². The van der Waals surface area contributed by atoms with E-state index in [1.165, 1.54) is 23.1 Å². The van der Waals surface area contributed by atoms with Crippen LogP contribution in [0.15, 0.2) is 71.2 Å². The van der Waals surface area contributed by atoms with Gasteiger partial charge in [-0.15, -0.1) is 0 Å². The van der Waals surface area contributed by atoms with Crippen molar-refractivity contribution in [1.29, 1.82) is 0 Å². The van der Waals surface area contributed by atoms with Gasteiger partial charge in [0.1, 0.15) is 5.70 Å². The third-order valence-corrected chi connectivity index (χ3v) is 5.82. The maximum Gasteiger partial charge on any atom is 0.416 e. The fourth-order valence-electron chi connectivity index (χ4n) is 4.09. The molecule has 0 fully saturated rings. The lowest BCUT2D eigenvalue weighted by atomic mass is 9.97. The summed E-state index contributed by atoms with van der Waals surface area (Å²) in [5.74, 6) is -2.33. The number of carboxylic acids is 1. The quantitative estimate of drug-likeness (QED) is 0.380. The molecular weight excluding hydrogens is 491 g/mol. The highest BCUT2D eigenvalue weighted by molar-refractivity contribution is 6.00. The number of benzene rings is 2. The number of hydrogen-bond acceptors (Lipinski definition) is 5. The Morgan fingerprint density at radius 3 is 2.43 bits per heavy atom. The van der Waals surface area contributed by atoms with Gasteiger partial charge < -0.3 is 25.4 Å². The molecule has 0 aliphatic carbocycles. The van der Waals surface area contributed by atoms with Crippen LogP contribution in [0.3, 0.4) is 0 Å². The topological polar surface area (TPSA) is 123 Å². The summed E-state index contributed by atoms with van der Waals surface area (Å²) in [5, 5.41) is 22.5. The van der Waals surface area contributed by atoms with E-state index < -0.39 is 34.9 Å². The number of fused-ring (bicyclic) bond motifs is 1. The van der Waals surface area contributed by atoms with E-state index in [0.717, 1.165) is 17.7 Å². The molecular formula is C26H22F3N3O5. The molecule has 11 heteroatoms. The molecule has 2 heterocycles. The second-order valence-corrected chi connectivity index (χ2v) is 8.42. The van der Waals surface area contributed by atoms with Crippen LogP contribution >= 0.6 is 0 Å². The first-order valence-electron chi connectivity index (χ1n) is 11.2. The zero-order valence-electron chi connectivity index (χ0n) is 19.3. The normalized spacial score (nSPS) is 13.3. The second kappa shape index (κ2) is 10.2. The highest BCUT2D eigenvalue weighted by Gasteiger charge is 2.33. The molecule has 0 atom stereocenters. The standard InChI is InChI=1S/C26H22F3N3O5/c27-26(28,29)17-8-4-7-16(11-17)18-12-19-20(31-24(18)36)14-32(13-15-5-2-1-3-6-15)22(23(19)35)25(37)30-10-9-21(33)34/h1-8,11-12,35H,9-10,13-14H2,(H,30,37)(H,31,36)(H,33,34). The lowest BCUT2D eigenvalue weighted by Crippen LogP contribution is -2.39. The van der Waals surface area contributed by atoms with E-state index in [-0.39, 0.29) is 54.1 Å². The third-order valence-electron chi connectivity index (χ3n) is 5.82. The minimum atomic E-state index is -4.61. The Hall–Kier alpha value is -4.54. The van der Waals surface area contributed by atoms with E-state index in [9.17, 15) is 32.7 Å². The summed E-state index contributed by atoms with van der Waals surface area (Å²) in [6, 6.07) is 14.5. The van der Waals surface area contributed by atoms with E-state index in [1.54, 1.807) is 12.1 Å². The number of carbonyl (C=O) groups excluding carboxylic acids is 1. The van der Waals surface area contributed by atoms with Crippen LogP contribution in [0, 0.1) is 0 Å². The van der Waals surface area contributed by atoms with Crippen molar-refractivity contribution in [3.63, 3.8) is 0 Å². The number of aliphatic hydroxyl groups excluding tert-OH is 1. The number of carbonyl (C=O) groups is 2. The number of alkyl halides is 3. The predicted molar refractivity (Wildman–Crippen MR) is 128 cm³/mol. The number of nitrogens with zero attached hydrogens (tertiary/aromatic N) is 1. The van der Waals surface area contributed by atoms with Crippen LogP contribution in [0.1, 0.15) is 28.8 Å². The van der Waals surface area contributed by atoms with Crippen LogP contribution in [0.4, 0.5) is 13.2 Å². The van der Waals surface area contributed by atoms with E-state index in [0.29, 0.717) is 0 Å². The third kappa shape index (κ3) is 5.66. The van der Waals surface area contributed by atoms with Crippen molar-refractivity contribution in [3.05, 3.63) is 99.1 Å². The van der Waals surface area contributed by atoms with Crippen molar-refractivity contribution in [2.45, 2.75) is 25.7 Å². The Labute approximate surface area is 208 Å². The summed E-state index contributed by atoms with van der Waals surface area (Å²) in [7, 11) is 0. The molecule has 0 radical (unpaired) electrons. The molecule has 1 amide bonds. The number of rotatable bonds is 7. The molecule has 4 rings (SSSR count). The van der Waals surface area contributed by atoms with Gasteiger partial charge in [-0.3, -0.25) is 14.4 Å². The van der Waals surface area contributed by atoms with E-state index in [2.05, 4.69) is 10.3 Å². The Morgan fingerprint density at radius 2 is 1.76 bits per heavy atom. The number of pyridine rings is 1. The first-order chi connectivity index (χ1) is 17.5. The minimum Gasteiger partial charge on any atom is -0.505 e. The number of aromatic nitrogens is 1. The van der Waals surface area contributed by atoms with Gasteiger partial charge in [0.2, 0.25) is 0 Å². The molecule has 2 aromatic carbocycles. The lowest BCUT2D eigenvalue weighted by Gasteiger charge is -2.32. The zero-order valence-corrected chi connectivity index (χ0v) is 19.3. The van der Waals surface area contributed by atoms with Gasteiger partial charge in [0, 0.05) is 29.9 Å². The van der Waals surface area contributed by atoms with Crippen molar-refractivity contribution in [3.8, 4) is 11.1 Å². The highest BCUT2D eigenvalue weighted by atomic mass is 19.4. The fraction of sp³-hybridized carbons (Fsp3) is 0.192. The Balaban J connectivity index is 1.78. The lowest BCUT2D eigenvalue weighted by molar-refractivity contribution is -0.138. The molecule has 4 N–H and O–H groups in total. The average molecular weight is 513 g/mol. The zero-order chi connectivity index (χ0) is 26.7. The Bertz CT molecular complexity index is 1430. The minimum absolute atomic E-state index is 0.00802. The van der Waals surface area contributed by atoms with Crippen LogP contribution in [0.25, 0.3) is 16.9 Å². The van der Waals surface area contributed by atoms with E-state index in [1.807, 2.05) is 18.2 Å². The second-order valence-electron chi connectivity index (χ2n) is 8.42. The maximum absolute atomic E-state index is 13.2. The predicted octanol–water partition coefficient (Wildman–Crippen LogP) is 3.89. The molecule has 3 aromatic rings. The van der Waals surface area contributed by atoms with Crippen molar-refractivity contribution < 1.29 is 33.0 Å². The van der Waals surface area contributed by atoms with Crippen molar-refractivity contribution >= 4 is 17.6 Å². The van der Waals surface area contributed by atoms with Gasteiger partial charge in [-0.25, -0.2) is 0 Å². The van der Waals surface area contributed by atoms with Crippen LogP contribution in [0.5, 0.6) is 0 Å². The van der Waals surface area contributed by atoms with Crippen molar-refractivity contribution in [2.75, 3.05) is 6.54 Å². The van der Waals surface area contributed by atoms with Crippen molar-refractivity contribution in [1.82, 2.24) is 15.2 Å². The molecule has 8 nitrogen and oxygen atoms in total. The summed E-state index contributed by atoms with van der Waals surface area (Å²) < 4.78 is 39.6. The van der Waals surface area contributed by atoms with Crippen LogP contribution < -0.4 is 10.9 Å². The maximum atomic E-state index is 13.2. The summed E-state index contributed by atoms with van der Waals surface area (Å²) in [4.78, 5) is 40.9.